The molecule has 0 aliphatic heterocycles. The second-order valence-electron chi connectivity index (χ2n) is 5.82. The topological polar surface area (TPSA) is 44.9 Å². The molecule has 0 amide bonds. The molecule has 0 radical (unpaired) electrons. The Morgan fingerprint density at radius 3 is 2.50 bits per heavy atom. The van der Waals surface area contributed by atoms with Crippen molar-refractivity contribution in [2.45, 2.75) is 13.1 Å². The molecule has 2 aromatic heterocycles. The van der Waals surface area contributed by atoms with Gasteiger partial charge in [-0.2, -0.15) is 18.2 Å². The van der Waals surface area contributed by atoms with E-state index in [-0.39, 0.29) is 5.52 Å². The number of alkyl halides is 3. The molecular formula is C18H15F3N4O. The Balaban J connectivity index is 1.99. The molecule has 4 rings (SSSR count). The van der Waals surface area contributed by atoms with Gasteiger partial charge in [0.2, 0.25) is 5.95 Å². The molecule has 4 aromatic rings. The summed E-state index contributed by atoms with van der Waals surface area (Å²) >= 11 is 0. The van der Waals surface area contributed by atoms with Crippen LogP contribution in [0.3, 0.4) is 0 Å². The molecule has 0 aliphatic rings. The van der Waals surface area contributed by atoms with Crippen molar-refractivity contribution < 1.29 is 17.9 Å². The lowest BCUT2D eigenvalue weighted by Crippen LogP contribution is -2.07. The quantitative estimate of drug-likeness (QED) is 0.546. The summed E-state index contributed by atoms with van der Waals surface area (Å²) in [7, 11) is 1.75. The van der Waals surface area contributed by atoms with E-state index in [4.69, 9.17) is 4.74 Å². The van der Waals surface area contributed by atoms with E-state index in [0.29, 0.717) is 24.1 Å². The van der Waals surface area contributed by atoms with Gasteiger partial charge in [-0.05, 0) is 37.3 Å². The van der Waals surface area contributed by atoms with E-state index in [1.54, 1.807) is 16.2 Å². The lowest BCUT2D eigenvalue weighted by atomic mass is 10.2. The molecular weight excluding hydrogens is 345 g/mol. The first-order valence-electron chi connectivity index (χ1n) is 8.04. The first-order valence-corrected chi connectivity index (χ1v) is 8.04. The molecule has 26 heavy (non-hydrogen) atoms. The number of aromatic nitrogens is 4. The third kappa shape index (κ3) is 2.49. The molecule has 0 spiro atoms. The highest BCUT2D eigenvalue weighted by Crippen LogP contribution is 2.33. The predicted molar refractivity (Wildman–Crippen MR) is 91.5 cm³/mol. The zero-order valence-electron chi connectivity index (χ0n) is 14.1. The van der Waals surface area contributed by atoms with Gasteiger partial charge in [-0.15, -0.1) is 0 Å². The van der Waals surface area contributed by atoms with E-state index in [0.717, 1.165) is 23.2 Å². The minimum Gasteiger partial charge on any atom is -0.465 e. The van der Waals surface area contributed by atoms with Crippen molar-refractivity contribution in [3.63, 3.8) is 0 Å². The summed E-state index contributed by atoms with van der Waals surface area (Å²) in [4.78, 5) is 8.88. The number of aryl methyl sites for hydroxylation is 1. The predicted octanol–water partition coefficient (Wildman–Crippen LogP) is 4.33. The van der Waals surface area contributed by atoms with Crippen LogP contribution in [0.5, 0.6) is 6.01 Å². The molecule has 0 bridgehead atoms. The SMILES string of the molecule is CCOc1nc2ccccc2n1-c1nc2cc(C(F)(F)F)ccc2n1C. The number of benzene rings is 2. The lowest BCUT2D eigenvalue weighted by Gasteiger charge is -2.08. The van der Waals surface area contributed by atoms with Gasteiger partial charge in [0.15, 0.2) is 0 Å². The third-order valence-corrected chi connectivity index (χ3v) is 4.19. The van der Waals surface area contributed by atoms with Crippen LogP contribution < -0.4 is 4.74 Å². The van der Waals surface area contributed by atoms with Crippen molar-refractivity contribution in [1.29, 1.82) is 0 Å². The summed E-state index contributed by atoms with van der Waals surface area (Å²) in [6, 6.07) is 11.3. The Morgan fingerprint density at radius 1 is 1.00 bits per heavy atom. The van der Waals surface area contributed by atoms with Crippen LogP contribution in [0.1, 0.15) is 12.5 Å². The molecule has 0 aliphatic carbocycles. The van der Waals surface area contributed by atoms with Crippen molar-refractivity contribution in [3.8, 4) is 12.0 Å². The first kappa shape index (κ1) is 16.4. The molecule has 0 fully saturated rings. The van der Waals surface area contributed by atoms with Crippen LogP contribution >= 0.6 is 0 Å². The van der Waals surface area contributed by atoms with Crippen LogP contribution in [-0.4, -0.2) is 25.7 Å². The summed E-state index contributed by atoms with van der Waals surface area (Å²) in [5.74, 6) is 0.441. The maximum atomic E-state index is 13.0. The van der Waals surface area contributed by atoms with Crippen molar-refractivity contribution in [2.24, 2.45) is 7.05 Å². The summed E-state index contributed by atoms with van der Waals surface area (Å²) in [6.07, 6.45) is -4.41. The van der Waals surface area contributed by atoms with Gasteiger partial charge in [0.1, 0.15) is 0 Å². The van der Waals surface area contributed by atoms with Gasteiger partial charge in [0.05, 0.1) is 34.2 Å². The fraction of sp³-hybridized carbons (Fsp3) is 0.222. The van der Waals surface area contributed by atoms with Crippen molar-refractivity contribution in [3.05, 3.63) is 48.0 Å². The average Bonchev–Trinajstić information content (AvgIpc) is 3.11. The van der Waals surface area contributed by atoms with Crippen LogP contribution in [0.4, 0.5) is 13.2 Å². The summed E-state index contributed by atoms with van der Waals surface area (Å²) in [6.45, 7) is 2.25. The van der Waals surface area contributed by atoms with Crippen molar-refractivity contribution in [2.75, 3.05) is 6.61 Å². The number of hydrogen-bond donors (Lipinski definition) is 0. The van der Waals surface area contributed by atoms with Gasteiger partial charge in [0, 0.05) is 7.05 Å². The van der Waals surface area contributed by atoms with Crippen LogP contribution in [0, 0.1) is 0 Å². The van der Waals surface area contributed by atoms with Crippen molar-refractivity contribution >= 4 is 22.1 Å². The molecule has 2 heterocycles. The van der Waals surface area contributed by atoms with Gasteiger partial charge < -0.3 is 9.30 Å². The zero-order chi connectivity index (χ0) is 18.5. The largest absolute Gasteiger partial charge is 0.465 e. The number of hydrogen-bond acceptors (Lipinski definition) is 3. The highest BCUT2D eigenvalue weighted by atomic mass is 19.4. The number of para-hydroxylation sites is 2. The third-order valence-electron chi connectivity index (χ3n) is 4.19. The molecule has 8 heteroatoms. The minimum absolute atomic E-state index is 0.262. The number of fused-ring (bicyclic) bond motifs is 2. The fourth-order valence-electron chi connectivity index (χ4n) is 2.99. The Morgan fingerprint density at radius 2 is 1.77 bits per heavy atom. The molecule has 0 atom stereocenters. The van der Waals surface area contributed by atoms with E-state index in [1.165, 1.54) is 6.07 Å². The highest BCUT2D eigenvalue weighted by molar-refractivity contribution is 5.82. The van der Waals surface area contributed by atoms with Crippen LogP contribution in [0.15, 0.2) is 42.5 Å². The van der Waals surface area contributed by atoms with Crippen LogP contribution in [-0.2, 0) is 13.2 Å². The Hall–Kier alpha value is -3.03. The van der Waals surface area contributed by atoms with E-state index < -0.39 is 11.7 Å². The monoisotopic (exact) mass is 360 g/mol. The maximum Gasteiger partial charge on any atom is 0.416 e. The Kier molecular flexibility index (Phi) is 3.64. The van der Waals surface area contributed by atoms with Gasteiger partial charge in [-0.25, -0.2) is 9.55 Å². The van der Waals surface area contributed by atoms with Gasteiger partial charge in [-0.1, -0.05) is 12.1 Å². The molecule has 2 aromatic carbocycles. The highest BCUT2D eigenvalue weighted by Gasteiger charge is 2.31. The molecule has 0 unspecified atom stereocenters. The van der Waals surface area contributed by atoms with Gasteiger partial charge in [-0.3, -0.25) is 0 Å². The van der Waals surface area contributed by atoms with E-state index in [1.807, 2.05) is 31.2 Å². The lowest BCUT2D eigenvalue weighted by molar-refractivity contribution is -0.137. The Bertz CT molecular complexity index is 1110. The van der Waals surface area contributed by atoms with Crippen molar-refractivity contribution in [1.82, 2.24) is 19.1 Å². The molecule has 0 saturated heterocycles. The number of nitrogens with zero attached hydrogens (tertiary/aromatic N) is 4. The second-order valence-corrected chi connectivity index (χ2v) is 5.82. The van der Waals surface area contributed by atoms with Gasteiger partial charge >= 0.3 is 12.2 Å². The molecule has 5 nitrogen and oxygen atoms in total. The smallest absolute Gasteiger partial charge is 0.416 e. The number of imidazole rings is 2. The number of ether oxygens (including phenoxy) is 1. The van der Waals surface area contributed by atoms with Gasteiger partial charge in [0.25, 0.3) is 0 Å². The minimum atomic E-state index is -4.41. The number of halogens is 3. The summed E-state index contributed by atoms with van der Waals surface area (Å²) in [5, 5.41) is 0. The fourth-order valence-corrected chi connectivity index (χ4v) is 2.99. The second kappa shape index (κ2) is 5.76. The summed E-state index contributed by atoms with van der Waals surface area (Å²) in [5.41, 5.74) is 1.62. The standard InChI is InChI=1S/C18H15F3N4O/c1-3-26-17-23-12-6-4-5-7-15(12)25(17)16-22-13-10-11(18(19,20)21)8-9-14(13)24(16)2/h4-10H,3H2,1-2H3. The molecule has 0 N–H and O–H groups in total. The normalized spacial score (nSPS) is 12.2. The Labute approximate surface area is 146 Å². The van der Waals surface area contributed by atoms with Crippen LogP contribution in [0.2, 0.25) is 0 Å². The maximum absolute atomic E-state index is 13.0. The molecule has 134 valence electrons. The number of rotatable bonds is 3. The van der Waals surface area contributed by atoms with E-state index in [9.17, 15) is 13.2 Å². The van der Waals surface area contributed by atoms with E-state index >= 15 is 0 Å². The summed E-state index contributed by atoms with van der Waals surface area (Å²) < 4.78 is 48.1. The first-order chi connectivity index (χ1) is 12.4. The molecule has 0 saturated carbocycles. The zero-order valence-corrected chi connectivity index (χ0v) is 14.1. The van der Waals surface area contributed by atoms with E-state index in [2.05, 4.69) is 9.97 Å². The average molecular weight is 360 g/mol. The van der Waals surface area contributed by atoms with Crippen LogP contribution in [0.25, 0.3) is 28.0 Å².